The van der Waals surface area contributed by atoms with E-state index >= 15 is 0 Å². The van der Waals surface area contributed by atoms with Gasteiger partial charge in [0.25, 0.3) is 6.43 Å². The zero-order chi connectivity index (χ0) is 20.2. The van der Waals surface area contributed by atoms with Crippen molar-refractivity contribution in [3.05, 3.63) is 0 Å². The Morgan fingerprint density at radius 3 is 1.04 bits per heavy atom. The lowest BCUT2D eigenvalue weighted by molar-refractivity contribution is -0.430. The second-order valence-electron chi connectivity index (χ2n) is 4.28. The molecule has 0 aliphatic heterocycles. The second-order valence-corrected chi connectivity index (χ2v) is 4.28. The third-order valence-corrected chi connectivity index (χ3v) is 2.59. The van der Waals surface area contributed by atoms with Crippen molar-refractivity contribution in [1.82, 2.24) is 0 Å². The van der Waals surface area contributed by atoms with E-state index in [9.17, 15) is 65.9 Å². The van der Waals surface area contributed by atoms with Gasteiger partial charge in [-0.3, -0.25) is 5.73 Å². The first-order valence-corrected chi connectivity index (χ1v) is 5.08. The highest BCUT2D eigenvalue weighted by atomic mass is 19.4. The van der Waals surface area contributed by atoms with E-state index < -0.39 is 48.3 Å². The molecule has 146 valence electrons. The van der Waals surface area contributed by atoms with Gasteiger partial charge in [-0.1, -0.05) is 0 Å². The van der Waals surface area contributed by atoms with Crippen molar-refractivity contribution in [3.63, 3.8) is 0 Å². The van der Waals surface area contributed by atoms with Crippen molar-refractivity contribution in [2.24, 2.45) is 5.73 Å². The molecule has 0 aromatic rings. The quantitative estimate of drug-likeness (QED) is 0.501. The summed E-state index contributed by atoms with van der Waals surface area (Å²) in [4.78, 5) is 0. The van der Waals surface area contributed by atoms with Crippen LogP contribution in [0, 0.1) is 0 Å². The van der Waals surface area contributed by atoms with Crippen molar-refractivity contribution in [3.8, 4) is 0 Å². The summed E-state index contributed by atoms with van der Waals surface area (Å²) in [7, 11) is 0. The zero-order valence-electron chi connectivity index (χ0n) is 10.4. The number of alkyl halides is 15. The van der Waals surface area contributed by atoms with Gasteiger partial charge in [0.2, 0.25) is 6.17 Å². The molecule has 24 heavy (non-hydrogen) atoms. The van der Waals surface area contributed by atoms with E-state index in [0.29, 0.717) is 0 Å². The predicted molar refractivity (Wildman–Crippen MR) is 44.8 cm³/mol. The monoisotopic (exact) mass is 399 g/mol. The molecule has 0 aliphatic carbocycles. The van der Waals surface area contributed by atoms with Gasteiger partial charge in [-0.2, -0.15) is 52.7 Å². The fraction of sp³-hybridized carbons (Fsp3) is 1.00. The summed E-state index contributed by atoms with van der Waals surface area (Å²) in [5.41, 5.74) is 3.13. The Hall–Kier alpha value is -1.09. The van der Waals surface area contributed by atoms with Crippen LogP contribution in [0.4, 0.5) is 65.9 Å². The van der Waals surface area contributed by atoms with Crippen LogP contribution >= 0.6 is 0 Å². The highest BCUT2D eigenvalue weighted by Crippen LogP contribution is 2.60. The molecule has 1 nitrogen and oxygen atoms in total. The summed E-state index contributed by atoms with van der Waals surface area (Å²) < 4.78 is 187. The molecule has 0 saturated heterocycles. The topological polar surface area (TPSA) is 26.0 Å². The van der Waals surface area contributed by atoms with E-state index in [-0.39, 0.29) is 0 Å². The Morgan fingerprint density at radius 1 is 0.500 bits per heavy atom. The number of rotatable bonds is 7. The van der Waals surface area contributed by atoms with E-state index in [0.717, 1.165) is 0 Å². The number of nitrogens with two attached hydrogens (primary N) is 1. The molecule has 0 fully saturated rings. The van der Waals surface area contributed by atoms with Crippen LogP contribution in [0.15, 0.2) is 0 Å². The van der Waals surface area contributed by atoms with Gasteiger partial charge in [-0.25, -0.2) is 13.2 Å². The molecule has 0 amide bonds. The lowest BCUT2D eigenvalue weighted by Crippen LogP contribution is -2.73. The normalized spacial score (nSPS) is 17.4. The molecular formula is C8H4F15N. The molecule has 1 unspecified atom stereocenters. The number of hydrogen-bond acceptors (Lipinski definition) is 1. The lowest BCUT2D eigenvalue weighted by atomic mass is 9.91. The molecule has 0 rings (SSSR count). The molecule has 0 saturated carbocycles. The summed E-state index contributed by atoms with van der Waals surface area (Å²) in [6, 6.07) is -6.62. The van der Waals surface area contributed by atoms with Crippen LogP contribution in [0.3, 0.4) is 0 Å². The van der Waals surface area contributed by atoms with Gasteiger partial charge in [0, 0.05) is 0 Å². The number of halogens is 15. The standard InChI is InChI=1S/C8H4F15N/c9-1(2(10)11)3(12,13)4(14,15)5(16,17)6(18,19)7(20,21)8(22,23)24/h1-2H,24H2. The van der Waals surface area contributed by atoms with Crippen molar-refractivity contribution < 1.29 is 65.9 Å². The van der Waals surface area contributed by atoms with Gasteiger partial charge in [-0.05, 0) is 0 Å². The molecule has 0 heterocycles. The molecule has 0 bridgehead atoms. The summed E-state index contributed by atoms with van der Waals surface area (Å²) in [5, 5.41) is 0. The molecule has 2 N–H and O–H groups in total. The molecule has 1 atom stereocenters. The van der Waals surface area contributed by atoms with Gasteiger partial charge in [0.15, 0.2) is 0 Å². The molecular weight excluding hydrogens is 395 g/mol. The van der Waals surface area contributed by atoms with Gasteiger partial charge in [0.1, 0.15) is 0 Å². The van der Waals surface area contributed by atoms with Gasteiger partial charge < -0.3 is 0 Å². The van der Waals surface area contributed by atoms with Crippen LogP contribution in [-0.2, 0) is 0 Å². The highest BCUT2D eigenvalue weighted by molar-refractivity contribution is 5.12. The molecule has 0 aliphatic rings. The molecule has 0 aromatic heterocycles. The highest BCUT2D eigenvalue weighted by Gasteiger charge is 2.90. The average molecular weight is 399 g/mol. The Labute approximate surface area is 121 Å². The number of hydrogen-bond donors (Lipinski definition) is 1. The van der Waals surface area contributed by atoms with Crippen LogP contribution in [0.5, 0.6) is 0 Å². The minimum atomic E-state index is -8.12. The van der Waals surface area contributed by atoms with Crippen LogP contribution in [0.25, 0.3) is 0 Å². The smallest absolute Gasteiger partial charge is 0.267 e. The molecule has 0 aromatic carbocycles. The van der Waals surface area contributed by atoms with Crippen molar-refractivity contribution in [2.45, 2.75) is 48.3 Å². The third-order valence-electron chi connectivity index (χ3n) is 2.59. The van der Waals surface area contributed by atoms with Crippen LogP contribution < -0.4 is 5.73 Å². The van der Waals surface area contributed by atoms with Crippen LogP contribution in [0.2, 0.25) is 0 Å². The fourth-order valence-corrected chi connectivity index (χ4v) is 1.14. The summed E-state index contributed by atoms with van der Waals surface area (Å²) in [5.74, 6) is -38.9. The summed E-state index contributed by atoms with van der Waals surface area (Å²) in [6.07, 6.45) is -10.6. The van der Waals surface area contributed by atoms with Crippen molar-refractivity contribution in [2.75, 3.05) is 0 Å². The van der Waals surface area contributed by atoms with E-state index in [1.54, 1.807) is 0 Å². The van der Waals surface area contributed by atoms with E-state index in [1.807, 2.05) is 0 Å². The van der Waals surface area contributed by atoms with E-state index in [2.05, 4.69) is 5.73 Å². The SMILES string of the molecule is NC(F)(F)C(F)(F)C(F)(F)C(F)(F)C(F)(F)C(F)(F)C(F)C(F)F. The lowest BCUT2D eigenvalue weighted by Gasteiger charge is -2.40. The third kappa shape index (κ3) is 2.85. The fourth-order valence-electron chi connectivity index (χ4n) is 1.14. The average Bonchev–Trinajstić information content (AvgIpc) is 2.35. The Bertz CT molecular complexity index is 449. The van der Waals surface area contributed by atoms with Crippen LogP contribution in [0.1, 0.15) is 0 Å². The van der Waals surface area contributed by atoms with Gasteiger partial charge >= 0.3 is 35.7 Å². The Balaban J connectivity index is 6.31. The van der Waals surface area contributed by atoms with E-state index in [4.69, 9.17) is 0 Å². The molecule has 16 heteroatoms. The first kappa shape index (κ1) is 22.9. The van der Waals surface area contributed by atoms with Crippen LogP contribution in [-0.4, -0.2) is 48.3 Å². The largest absolute Gasteiger partial charge is 0.392 e. The summed E-state index contributed by atoms with van der Waals surface area (Å²) in [6.45, 7) is 0. The maximum absolute atomic E-state index is 12.9. The minimum Gasteiger partial charge on any atom is -0.267 e. The first-order valence-electron chi connectivity index (χ1n) is 5.08. The maximum atomic E-state index is 12.9. The minimum absolute atomic E-state index is 3.13. The van der Waals surface area contributed by atoms with Crippen molar-refractivity contribution >= 4 is 0 Å². The Morgan fingerprint density at radius 2 is 0.792 bits per heavy atom. The zero-order valence-corrected chi connectivity index (χ0v) is 10.4. The van der Waals surface area contributed by atoms with Crippen molar-refractivity contribution in [1.29, 1.82) is 0 Å². The summed E-state index contributed by atoms with van der Waals surface area (Å²) >= 11 is 0. The van der Waals surface area contributed by atoms with Gasteiger partial charge in [-0.15, -0.1) is 0 Å². The van der Waals surface area contributed by atoms with Gasteiger partial charge in [0.05, 0.1) is 0 Å². The second kappa shape index (κ2) is 5.72. The predicted octanol–water partition coefficient (Wildman–Crippen LogP) is 4.32. The first-order chi connectivity index (χ1) is 10.1. The molecule has 0 radical (unpaired) electrons. The molecule has 0 spiro atoms. The van der Waals surface area contributed by atoms with E-state index in [1.165, 1.54) is 0 Å². The maximum Gasteiger partial charge on any atom is 0.392 e. The Kier molecular flexibility index (Phi) is 5.46.